The Bertz CT molecular complexity index is 755. The van der Waals surface area contributed by atoms with Crippen molar-refractivity contribution in [2.75, 3.05) is 18.4 Å². The molecule has 0 saturated heterocycles. The summed E-state index contributed by atoms with van der Waals surface area (Å²) >= 11 is 9.56. The molecular formula is C15H13BrClN3O2. The minimum atomic E-state index is -0.985. The summed E-state index contributed by atoms with van der Waals surface area (Å²) in [4.78, 5) is 17.9. The molecule has 0 atom stereocenters. The monoisotopic (exact) mass is 381 g/mol. The van der Waals surface area contributed by atoms with Crippen LogP contribution in [0.2, 0.25) is 5.02 Å². The summed E-state index contributed by atoms with van der Waals surface area (Å²) in [7, 11) is 0. The number of hydrogen-bond donors (Lipinski definition) is 2. The SMILES string of the molecule is CC1=C(Nc2ccc(Br)cc2Cl)C(C(=O)O)=CN2CCN=C12. The van der Waals surface area contributed by atoms with Gasteiger partial charge in [0.1, 0.15) is 5.84 Å². The lowest BCUT2D eigenvalue weighted by Crippen LogP contribution is -2.31. The lowest BCUT2D eigenvalue weighted by Gasteiger charge is -2.26. The topological polar surface area (TPSA) is 64.9 Å². The second-order valence-corrected chi connectivity index (χ2v) is 6.32. The zero-order chi connectivity index (χ0) is 15.9. The lowest BCUT2D eigenvalue weighted by molar-refractivity contribution is -0.132. The third-order valence-corrected chi connectivity index (χ3v) is 4.37. The lowest BCUT2D eigenvalue weighted by atomic mass is 10.0. The summed E-state index contributed by atoms with van der Waals surface area (Å²) < 4.78 is 0.859. The number of amidine groups is 1. The maximum Gasteiger partial charge on any atom is 0.339 e. The van der Waals surface area contributed by atoms with Gasteiger partial charge in [-0.25, -0.2) is 4.79 Å². The molecule has 1 aromatic rings. The van der Waals surface area contributed by atoms with E-state index in [9.17, 15) is 9.90 Å². The van der Waals surface area contributed by atoms with E-state index in [1.165, 1.54) is 0 Å². The molecule has 0 aromatic heterocycles. The minimum Gasteiger partial charge on any atom is -0.478 e. The van der Waals surface area contributed by atoms with Crippen LogP contribution in [0.25, 0.3) is 0 Å². The average molecular weight is 383 g/mol. The second-order valence-electron chi connectivity index (χ2n) is 5.00. The number of carbonyl (C=O) groups is 1. The van der Waals surface area contributed by atoms with Crippen molar-refractivity contribution in [3.8, 4) is 0 Å². The first kappa shape index (κ1) is 15.1. The first-order valence-corrected chi connectivity index (χ1v) is 7.84. The van der Waals surface area contributed by atoms with Crippen LogP contribution in [-0.2, 0) is 4.79 Å². The van der Waals surface area contributed by atoms with Gasteiger partial charge in [-0.2, -0.15) is 0 Å². The molecule has 2 aliphatic heterocycles. The predicted molar refractivity (Wildman–Crippen MR) is 90.2 cm³/mol. The summed E-state index contributed by atoms with van der Waals surface area (Å²) in [5, 5.41) is 13.1. The van der Waals surface area contributed by atoms with Gasteiger partial charge in [-0.15, -0.1) is 0 Å². The number of benzene rings is 1. The highest BCUT2D eigenvalue weighted by atomic mass is 79.9. The standard InChI is InChI=1S/C15H13BrClN3O2/c1-8-13(19-12-3-2-9(16)6-11(12)17)10(15(21)22)7-20-5-4-18-14(8)20/h2-3,6-7,19H,4-5H2,1H3,(H,21,22). The molecule has 22 heavy (non-hydrogen) atoms. The highest BCUT2D eigenvalue weighted by Crippen LogP contribution is 2.32. The van der Waals surface area contributed by atoms with E-state index in [1.807, 2.05) is 17.9 Å². The smallest absolute Gasteiger partial charge is 0.339 e. The van der Waals surface area contributed by atoms with E-state index < -0.39 is 5.97 Å². The first-order valence-electron chi connectivity index (χ1n) is 6.67. The fourth-order valence-corrected chi connectivity index (χ4v) is 3.22. The Hall–Kier alpha value is -1.79. The van der Waals surface area contributed by atoms with E-state index >= 15 is 0 Å². The van der Waals surface area contributed by atoms with Crippen molar-refractivity contribution in [2.45, 2.75) is 6.92 Å². The minimum absolute atomic E-state index is 0.206. The van der Waals surface area contributed by atoms with Crippen LogP contribution in [0.15, 0.2) is 50.7 Å². The fraction of sp³-hybridized carbons (Fsp3) is 0.200. The van der Waals surface area contributed by atoms with Crippen LogP contribution in [0.4, 0.5) is 5.69 Å². The molecule has 2 aliphatic rings. The zero-order valence-corrected chi connectivity index (χ0v) is 14.1. The summed E-state index contributed by atoms with van der Waals surface area (Å²) in [6.07, 6.45) is 1.62. The van der Waals surface area contributed by atoms with Gasteiger partial charge in [0.2, 0.25) is 0 Å². The Morgan fingerprint density at radius 3 is 2.95 bits per heavy atom. The van der Waals surface area contributed by atoms with Gasteiger partial charge >= 0.3 is 5.97 Å². The van der Waals surface area contributed by atoms with Crippen LogP contribution in [0.5, 0.6) is 0 Å². The van der Waals surface area contributed by atoms with Gasteiger partial charge < -0.3 is 15.3 Å². The molecule has 0 amide bonds. The molecule has 0 spiro atoms. The van der Waals surface area contributed by atoms with Crippen LogP contribution < -0.4 is 5.32 Å². The van der Waals surface area contributed by atoms with E-state index in [0.717, 1.165) is 15.9 Å². The van der Waals surface area contributed by atoms with Crippen molar-refractivity contribution in [2.24, 2.45) is 4.99 Å². The van der Waals surface area contributed by atoms with Crippen molar-refractivity contribution in [1.29, 1.82) is 0 Å². The number of halogens is 2. The molecule has 2 heterocycles. The van der Waals surface area contributed by atoms with Crippen molar-refractivity contribution in [1.82, 2.24) is 4.90 Å². The first-order chi connectivity index (χ1) is 10.5. The Balaban J connectivity index is 2.04. The number of nitrogens with zero attached hydrogens (tertiary/aromatic N) is 2. The Labute approximate surface area is 141 Å². The van der Waals surface area contributed by atoms with Crippen molar-refractivity contribution < 1.29 is 9.90 Å². The maximum absolute atomic E-state index is 11.6. The quantitative estimate of drug-likeness (QED) is 0.840. The number of nitrogens with one attached hydrogen (secondary N) is 1. The third-order valence-electron chi connectivity index (χ3n) is 3.56. The van der Waals surface area contributed by atoms with Gasteiger partial charge in [0, 0.05) is 22.8 Å². The predicted octanol–water partition coefficient (Wildman–Crippen LogP) is 3.48. The average Bonchev–Trinajstić information content (AvgIpc) is 2.92. The number of carboxylic acid groups (broad SMARTS) is 1. The van der Waals surface area contributed by atoms with Gasteiger partial charge in [-0.3, -0.25) is 4.99 Å². The summed E-state index contributed by atoms with van der Waals surface area (Å²) in [5.74, 6) is -0.179. The number of aliphatic carboxylic acids is 1. The number of carboxylic acids is 1. The van der Waals surface area contributed by atoms with E-state index in [4.69, 9.17) is 11.6 Å². The van der Waals surface area contributed by atoms with E-state index in [2.05, 4.69) is 26.2 Å². The molecule has 0 fully saturated rings. The van der Waals surface area contributed by atoms with Crippen LogP contribution in [0.3, 0.4) is 0 Å². The van der Waals surface area contributed by atoms with E-state index in [0.29, 0.717) is 29.5 Å². The number of fused-ring (bicyclic) bond motifs is 1. The van der Waals surface area contributed by atoms with Crippen molar-refractivity contribution in [3.63, 3.8) is 0 Å². The van der Waals surface area contributed by atoms with Gasteiger partial charge in [0.25, 0.3) is 0 Å². The van der Waals surface area contributed by atoms with E-state index in [-0.39, 0.29) is 5.57 Å². The van der Waals surface area contributed by atoms with Gasteiger partial charge in [0.05, 0.1) is 28.5 Å². The third kappa shape index (κ3) is 2.64. The molecule has 2 N–H and O–H groups in total. The highest BCUT2D eigenvalue weighted by Gasteiger charge is 2.29. The fourth-order valence-electron chi connectivity index (χ4n) is 2.50. The number of rotatable bonds is 3. The molecule has 0 unspecified atom stereocenters. The van der Waals surface area contributed by atoms with Crippen LogP contribution in [-0.4, -0.2) is 34.9 Å². The molecule has 114 valence electrons. The maximum atomic E-state index is 11.6. The van der Waals surface area contributed by atoms with E-state index in [1.54, 1.807) is 18.3 Å². The van der Waals surface area contributed by atoms with Crippen molar-refractivity contribution >= 4 is 45.0 Å². The summed E-state index contributed by atoms with van der Waals surface area (Å²) in [6.45, 7) is 3.24. The Morgan fingerprint density at radius 2 is 2.27 bits per heavy atom. The van der Waals surface area contributed by atoms with Gasteiger partial charge in [-0.05, 0) is 25.1 Å². The molecular weight excluding hydrogens is 370 g/mol. The molecule has 0 saturated carbocycles. The second kappa shape index (κ2) is 5.78. The summed E-state index contributed by atoms with van der Waals surface area (Å²) in [5.41, 5.74) is 2.18. The van der Waals surface area contributed by atoms with Crippen molar-refractivity contribution in [3.05, 3.63) is 50.7 Å². The highest BCUT2D eigenvalue weighted by molar-refractivity contribution is 9.10. The molecule has 0 bridgehead atoms. The molecule has 3 rings (SSSR count). The van der Waals surface area contributed by atoms with Crippen LogP contribution >= 0.6 is 27.5 Å². The van der Waals surface area contributed by atoms with Crippen LogP contribution in [0, 0.1) is 0 Å². The largest absolute Gasteiger partial charge is 0.478 e. The van der Waals surface area contributed by atoms with Gasteiger partial charge in [-0.1, -0.05) is 27.5 Å². The normalized spacial score (nSPS) is 17.1. The molecule has 0 radical (unpaired) electrons. The zero-order valence-electron chi connectivity index (χ0n) is 11.7. The molecule has 1 aromatic carbocycles. The molecule has 0 aliphatic carbocycles. The number of anilines is 1. The van der Waals surface area contributed by atoms with Crippen LogP contribution in [0.1, 0.15) is 6.92 Å². The number of aliphatic imine (C=N–C) groups is 1. The summed E-state index contributed by atoms with van der Waals surface area (Å²) in [6, 6.07) is 5.40. The Morgan fingerprint density at radius 1 is 1.50 bits per heavy atom. The Kier molecular flexibility index (Phi) is 3.97. The molecule has 5 nitrogen and oxygen atoms in total. The molecule has 7 heteroatoms. The van der Waals surface area contributed by atoms with Gasteiger partial charge in [0.15, 0.2) is 0 Å². The number of hydrogen-bond acceptors (Lipinski definition) is 4.